The highest BCUT2D eigenvalue weighted by Gasteiger charge is 2.24. The molecule has 6 heteroatoms. The summed E-state index contributed by atoms with van der Waals surface area (Å²) in [4.78, 5) is 10.5. The summed E-state index contributed by atoms with van der Waals surface area (Å²) < 4.78 is 0. The van der Waals surface area contributed by atoms with E-state index in [4.69, 9.17) is 5.73 Å². The molecule has 28 heavy (non-hydrogen) atoms. The molecule has 3 N–H and O–H groups in total. The standard InChI is InChI=1S/C15H18BN4S.C3H8.C2H6.C2H2/c1-9-12(5-6-17)16-13-14(9)19-10(2)20-15(13)18-8-11-4-3-7-21-11;1-3-2;2*1-2/h3-4,7H,5-6,8,17H2,1-2H3,(H,18,19,20);3H2,1-2H3;1-2H3;1-2H. The van der Waals surface area contributed by atoms with Gasteiger partial charge in [-0.1, -0.05) is 45.7 Å². The zero-order chi connectivity index (χ0) is 21.5. The van der Waals surface area contributed by atoms with E-state index in [0.717, 1.165) is 35.8 Å². The number of aryl methyl sites for hydroxylation is 1. The van der Waals surface area contributed by atoms with Gasteiger partial charge in [0.2, 0.25) is 0 Å². The lowest BCUT2D eigenvalue weighted by atomic mass is 9.65. The van der Waals surface area contributed by atoms with E-state index in [2.05, 4.69) is 73.7 Å². The van der Waals surface area contributed by atoms with Crippen LogP contribution >= 0.6 is 11.3 Å². The number of aromatic nitrogens is 2. The molecule has 0 saturated carbocycles. The van der Waals surface area contributed by atoms with Gasteiger partial charge < -0.3 is 11.1 Å². The maximum Gasteiger partial charge on any atom is 0.194 e. The van der Waals surface area contributed by atoms with E-state index in [0.29, 0.717) is 6.54 Å². The Morgan fingerprint density at radius 3 is 2.36 bits per heavy atom. The summed E-state index contributed by atoms with van der Waals surface area (Å²) in [5.74, 6) is 1.71. The fourth-order valence-corrected chi connectivity index (χ4v) is 3.22. The summed E-state index contributed by atoms with van der Waals surface area (Å²) in [6.45, 7) is 13.7. The lowest BCUT2D eigenvalue weighted by molar-refractivity contribution is 0.991. The highest BCUT2D eigenvalue weighted by molar-refractivity contribution is 7.09. The molecular weight excluding hydrogens is 363 g/mol. The summed E-state index contributed by atoms with van der Waals surface area (Å²) in [6.07, 6.45) is 10.1. The average molecular weight is 397 g/mol. The Balaban J connectivity index is 0.000000930. The molecule has 2 aromatic rings. The third kappa shape index (κ3) is 7.50. The first-order chi connectivity index (χ1) is 13.6. The molecule has 0 spiro atoms. The van der Waals surface area contributed by atoms with Crippen LogP contribution in [0, 0.1) is 19.8 Å². The van der Waals surface area contributed by atoms with Crippen LogP contribution in [0.25, 0.3) is 5.57 Å². The molecule has 151 valence electrons. The molecule has 0 atom stereocenters. The van der Waals surface area contributed by atoms with Crippen molar-refractivity contribution in [2.75, 3.05) is 11.9 Å². The quantitative estimate of drug-likeness (QED) is 0.573. The Labute approximate surface area is 176 Å². The average Bonchev–Trinajstić information content (AvgIpc) is 3.34. The van der Waals surface area contributed by atoms with Crippen LogP contribution in [0.1, 0.15) is 63.9 Å². The predicted molar refractivity (Wildman–Crippen MR) is 127 cm³/mol. The second-order valence-corrected chi connectivity index (χ2v) is 6.89. The van der Waals surface area contributed by atoms with Crippen molar-refractivity contribution in [3.05, 3.63) is 39.4 Å². The summed E-state index contributed by atoms with van der Waals surface area (Å²) in [7, 11) is 2.17. The summed E-state index contributed by atoms with van der Waals surface area (Å²) in [6, 6.07) is 4.19. The molecule has 2 aromatic heterocycles. The SMILES string of the molecule is C#C.CC.CC1=C(CCN)[B]c2c(NCc3cccs3)nc(C)nc21.CCC. The Morgan fingerprint density at radius 1 is 1.18 bits per heavy atom. The third-order valence-electron chi connectivity index (χ3n) is 3.64. The molecule has 0 aliphatic carbocycles. The number of anilines is 1. The fourth-order valence-electron chi connectivity index (χ4n) is 2.57. The summed E-state index contributed by atoms with van der Waals surface area (Å²) in [5.41, 5.74) is 10.3. The smallest absolute Gasteiger partial charge is 0.194 e. The van der Waals surface area contributed by atoms with Crippen LogP contribution in [0.4, 0.5) is 5.82 Å². The van der Waals surface area contributed by atoms with Gasteiger partial charge in [0.15, 0.2) is 7.28 Å². The second-order valence-electron chi connectivity index (χ2n) is 5.85. The van der Waals surface area contributed by atoms with Crippen molar-refractivity contribution < 1.29 is 0 Å². The predicted octanol–water partition coefficient (Wildman–Crippen LogP) is 4.57. The second kappa shape index (κ2) is 14.9. The van der Waals surface area contributed by atoms with Gasteiger partial charge in [0.05, 0.1) is 12.2 Å². The minimum Gasteiger partial charge on any atom is -0.366 e. The molecule has 4 nitrogen and oxygen atoms in total. The van der Waals surface area contributed by atoms with Crippen molar-refractivity contribution in [3.63, 3.8) is 0 Å². The van der Waals surface area contributed by atoms with Gasteiger partial charge in [-0.15, -0.1) is 24.2 Å². The molecule has 0 aromatic carbocycles. The summed E-state index contributed by atoms with van der Waals surface area (Å²) in [5, 5.41) is 5.53. The largest absolute Gasteiger partial charge is 0.366 e. The number of thiophene rings is 1. The number of rotatable bonds is 5. The number of hydrogen-bond acceptors (Lipinski definition) is 5. The highest BCUT2D eigenvalue weighted by Crippen LogP contribution is 2.25. The molecule has 0 saturated heterocycles. The van der Waals surface area contributed by atoms with Crippen molar-refractivity contribution in [1.29, 1.82) is 0 Å². The van der Waals surface area contributed by atoms with E-state index in [9.17, 15) is 0 Å². The first-order valence-electron chi connectivity index (χ1n) is 9.83. The van der Waals surface area contributed by atoms with Crippen molar-refractivity contribution >= 4 is 35.5 Å². The van der Waals surface area contributed by atoms with E-state index < -0.39 is 0 Å². The molecule has 0 unspecified atom stereocenters. The van der Waals surface area contributed by atoms with Gasteiger partial charge in [0.25, 0.3) is 0 Å². The number of allylic oxidation sites excluding steroid dienone is 1. The van der Waals surface area contributed by atoms with E-state index in [1.165, 1.54) is 22.3 Å². The van der Waals surface area contributed by atoms with Gasteiger partial charge in [0.1, 0.15) is 11.6 Å². The Kier molecular flexibility index (Phi) is 13.8. The first kappa shape index (κ1) is 25.9. The van der Waals surface area contributed by atoms with Crippen LogP contribution in [0.2, 0.25) is 0 Å². The minimum absolute atomic E-state index is 0.654. The number of terminal acetylenes is 1. The maximum absolute atomic E-state index is 5.69. The van der Waals surface area contributed by atoms with E-state index >= 15 is 0 Å². The van der Waals surface area contributed by atoms with E-state index in [1.807, 2.05) is 20.8 Å². The van der Waals surface area contributed by atoms with Gasteiger partial charge in [-0.25, -0.2) is 9.97 Å². The minimum atomic E-state index is 0.654. The number of nitrogens with two attached hydrogens (primary N) is 1. The van der Waals surface area contributed by atoms with E-state index in [1.54, 1.807) is 11.3 Å². The van der Waals surface area contributed by atoms with Gasteiger partial charge >= 0.3 is 0 Å². The number of nitrogens with zero attached hydrogens (tertiary/aromatic N) is 2. The number of hydrogen-bond donors (Lipinski definition) is 2. The molecule has 1 radical (unpaired) electrons. The van der Waals surface area contributed by atoms with Crippen molar-refractivity contribution in [2.24, 2.45) is 5.73 Å². The van der Waals surface area contributed by atoms with Crippen molar-refractivity contribution in [3.8, 4) is 12.8 Å². The van der Waals surface area contributed by atoms with E-state index in [-0.39, 0.29) is 0 Å². The number of nitrogens with one attached hydrogen (secondary N) is 1. The normalized spacial score (nSPS) is 10.9. The van der Waals surface area contributed by atoms with Crippen LogP contribution in [-0.2, 0) is 6.54 Å². The van der Waals surface area contributed by atoms with Crippen molar-refractivity contribution in [2.45, 2.75) is 60.9 Å². The topological polar surface area (TPSA) is 63.8 Å². The Morgan fingerprint density at radius 2 is 1.82 bits per heavy atom. The van der Waals surface area contributed by atoms with Crippen LogP contribution < -0.4 is 16.5 Å². The van der Waals surface area contributed by atoms with Crippen LogP contribution in [0.5, 0.6) is 0 Å². The van der Waals surface area contributed by atoms with Gasteiger partial charge in [-0.05, 0) is 49.3 Å². The molecule has 3 rings (SSSR count). The van der Waals surface area contributed by atoms with Crippen LogP contribution in [0.15, 0.2) is 23.0 Å². The Bertz CT molecular complexity index is 736. The van der Waals surface area contributed by atoms with Gasteiger partial charge in [-0.3, -0.25) is 0 Å². The Hall–Kier alpha value is -2.10. The fraction of sp³-hybridized carbons (Fsp3) is 0.455. The third-order valence-corrected chi connectivity index (χ3v) is 4.51. The van der Waals surface area contributed by atoms with Crippen LogP contribution in [0.3, 0.4) is 0 Å². The zero-order valence-corrected chi connectivity index (χ0v) is 19.0. The molecule has 1 aliphatic heterocycles. The molecule has 1 aliphatic rings. The lowest BCUT2D eigenvalue weighted by Crippen LogP contribution is -2.23. The zero-order valence-electron chi connectivity index (χ0n) is 18.2. The number of fused-ring (bicyclic) bond motifs is 1. The monoisotopic (exact) mass is 397 g/mol. The van der Waals surface area contributed by atoms with Crippen molar-refractivity contribution in [1.82, 2.24) is 9.97 Å². The van der Waals surface area contributed by atoms with Gasteiger partial charge in [0, 0.05) is 4.88 Å². The molecular formula is C22H34BN4S. The lowest BCUT2D eigenvalue weighted by Gasteiger charge is -2.11. The molecule has 0 fully saturated rings. The highest BCUT2D eigenvalue weighted by atomic mass is 32.1. The molecule has 3 heterocycles. The first-order valence-corrected chi connectivity index (χ1v) is 10.7. The van der Waals surface area contributed by atoms with Gasteiger partial charge in [-0.2, -0.15) is 0 Å². The molecule has 0 bridgehead atoms. The summed E-state index contributed by atoms with van der Waals surface area (Å²) >= 11 is 1.75. The van der Waals surface area contributed by atoms with Crippen LogP contribution in [-0.4, -0.2) is 23.8 Å². The molecule has 0 amide bonds. The maximum atomic E-state index is 5.69.